The second-order valence-corrected chi connectivity index (χ2v) is 7.47. The molecule has 0 radical (unpaired) electrons. The number of imidazole rings is 1. The lowest BCUT2D eigenvalue weighted by molar-refractivity contribution is 0.475. The Labute approximate surface area is 125 Å². The minimum absolute atomic E-state index is 0.0555. The second-order valence-electron chi connectivity index (χ2n) is 6.01. The van der Waals surface area contributed by atoms with Gasteiger partial charge in [0.1, 0.15) is 0 Å². The lowest BCUT2D eigenvalue weighted by atomic mass is 10.0. The fourth-order valence-electron chi connectivity index (χ4n) is 2.77. The third-order valence-electron chi connectivity index (χ3n) is 3.75. The first-order chi connectivity index (χ1) is 9.40. The SMILES string of the molecule is Cc1cc(C(C)n2cncc2C(N)CC(C)C)c(C)s1. The molecule has 20 heavy (non-hydrogen) atoms. The Balaban J connectivity index is 2.29. The van der Waals surface area contributed by atoms with E-state index in [9.17, 15) is 0 Å². The number of hydrogen-bond donors (Lipinski definition) is 1. The lowest BCUT2D eigenvalue weighted by Gasteiger charge is -2.21. The van der Waals surface area contributed by atoms with E-state index in [1.165, 1.54) is 15.3 Å². The summed E-state index contributed by atoms with van der Waals surface area (Å²) in [5.41, 5.74) is 8.85. The predicted octanol–water partition coefficient (Wildman–Crippen LogP) is 4.22. The van der Waals surface area contributed by atoms with Gasteiger partial charge in [0.05, 0.1) is 18.1 Å². The first-order valence-corrected chi connectivity index (χ1v) is 8.06. The topological polar surface area (TPSA) is 43.8 Å². The van der Waals surface area contributed by atoms with Crippen LogP contribution in [0.1, 0.15) is 60.3 Å². The summed E-state index contributed by atoms with van der Waals surface area (Å²) in [5, 5.41) is 0. The smallest absolute Gasteiger partial charge is 0.0954 e. The molecule has 2 unspecified atom stereocenters. The Hall–Kier alpha value is -1.13. The molecule has 0 aromatic carbocycles. The van der Waals surface area contributed by atoms with Crippen LogP contribution in [-0.4, -0.2) is 9.55 Å². The fourth-order valence-corrected chi connectivity index (χ4v) is 3.79. The zero-order chi connectivity index (χ0) is 14.9. The molecule has 3 nitrogen and oxygen atoms in total. The van der Waals surface area contributed by atoms with Gasteiger partial charge in [-0.3, -0.25) is 0 Å². The summed E-state index contributed by atoms with van der Waals surface area (Å²) in [6.45, 7) is 11.0. The van der Waals surface area contributed by atoms with Crippen molar-refractivity contribution in [3.8, 4) is 0 Å². The van der Waals surface area contributed by atoms with E-state index in [-0.39, 0.29) is 12.1 Å². The predicted molar refractivity (Wildman–Crippen MR) is 86.2 cm³/mol. The highest BCUT2D eigenvalue weighted by atomic mass is 32.1. The van der Waals surface area contributed by atoms with Crippen LogP contribution >= 0.6 is 11.3 Å². The molecule has 2 N–H and O–H groups in total. The lowest BCUT2D eigenvalue weighted by Crippen LogP contribution is -2.19. The van der Waals surface area contributed by atoms with Crippen molar-refractivity contribution < 1.29 is 0 Å². The average molecular weight is 291 g/mol. The largest absolute Gasteiger partial charge is 0.326 e. The zero-order valence-corrected chi connectivity index (χ0v) is 13.9. The van der Waals surface area contributed by atoms with Crippen LogP contribution in [0, 0.1) is 19.8 Å². The van der Waals surface area contributed by atoms with Crippen molar-refractivity contribution in [2.24, 2.45) is 11.7 Å². The van der Waals surface area contributed by atoms with Crippen LogP contribution < -0.4 is 5.73 Å². The number of nitrogens with zero attached hydrogens (tertiary/aromatic N) is 2. The van der Waals surface area contributed by atoms with Gasteiger partial charge in [0.2, 0.25) is 0 Å². The summed E-state index contributed by atoms with van der Waals surface area (Å²) < 4.78 is 2.22. The molecular formula is C16H25N3S. The van der Waals surface area contributed by atoms with Crippen LogP contribution in [0.15, 0.2) is 18.6 Å². The maximum atomic E-state index is 6.34. The van der Waals surface area contributed by atoms with Crippen LogP contribution in [-0.2, 0) is 0 Å². The van der Waals surface area contributed by atoms with Gasteiger partial charge in [0, 0.05) is 22.0 Å². The average Bonchev–Trinajstić information content (AvgIpc) is 2.94. The van der Waals surface area contributed by atoms with E-state index >= 15 is 0 Å². The normalized spacial score (nSPS) is 14.8. The van der Waals surface area contributed by atoms with Crippen LogP contribution in [0.2, 0.25) is 0 Å². The summed E-state index contributed by atoms with van der Waals surface area (Å²) in [6.07, 6.45) is 4.81. The van der Waals surface area contributed by atoms with E-state index < -0.39 is 0 Å². The maximum Gasteiger partial charge on any atom is 0.0954 e. The van der Waals surface area contributed by atoms with Crippen molar-refractivity contribution in [3.63, 3.8) is 0 Å². The van der Waals surface area contributed by atoms with Crippen molar-refractivity contribution >= 4 is 11.3 Å². The quantitative estimate of drug-likeness (QED) is 0.896. The Morgan fingerprint density at radius 1 is 1.30 bits per heavy atom. The summed E-state index contributed by atoms with van der Waals surface area (Å²) in [4.78, 5) is 7.06. The highest BCUT2D eigenvalue weighted by Crippen LogP contribution is 2.31. The summed E-state index contributed by atoms with van der Waals surface area (Å²) >= 11 is 1.85. The third kappa shape index (κ3) is 3.13. The molecule has 2 aromatic heterocycles. The number of hydrogen-bond acceptors (Lipinski definition) is 3. The Kier molecular flexibility index (Phi) is 4.66. The molecule has 0 saturated carbocycles. The molecule has 4 heteroatoms. The van der Waals surface area contributed by atoms with E-state index in [1.807, 2.05) is 23.9 Å². The number of aromatic nitrogens is 2. The molecule has 2 rings (SSSR count). The van der Waals surface area contributed by atoms with Gasteiger partial charge >= 0.3 is 0 Å². The molecule has 0 bridgehead atoms. The number of rotatable bonds is 5. The van der Waals surface area contributed by atoms with Crippen molar-refractivity contribution in [1.29, 1.82) is 0 Å². The second kappa shape index (κ2) is 6.10. The molecule has 0 amide bonds. The van der Waals surface area contributed by atoms with Crippen molar-refractivity contribution in [2.45, 2.75) is 53.1 Å². The van der Waals surface area contributed by atoms with Gasteiger partial charge < -0.3 is 10.3 Å². The highest BCUT2D eigenvalue weighted by molar-refractivity contribution is 7.12. The summed E-state index contributed by atoms with van der Waals surface area (Å²) in [7, 11) is 0. The number of aryl methyl sites for hydroxylation is 2. The van der Waals surface area contributed by atoms with Gasteiger partial charge in [-0.15, -0.1) is 11.3 Å². The van der Waals surface area contributed by atoms with Gasteiger partial charge in [-0.1, -0.05) is 13.8 Å². The van der Waals surface area contributed by atoms with E-state index in [0.29, 0.717) is 5.92 Å². The van der Waals surface area contributed by atoms with Gasteiger partial charge in [-0.05, 0) is 44.7 Å². The van der Waals surface area contributed by atoms with E-state index in [0.717, 1.165) is 12.1 Å². The Morgan fingerprint density at radius 2 is 2.00 bits per heavy atom. The van der Waals surface area contributed by atoms with E-state index in [4.69, 9.17) is 5.73 Å². The summed E-state index contributed by atoms with van der Waals surface area (Å²) in [5.74, 6) is 0.591. The van der Waals surface area contributed by atoms with Crippen molar-refractivity contribution in [1.82, 2.24) is 9.55 Å². The van der Waals surface area contributed by atoms with E-state index in [2.05, 4.69) is 50.2 Å². The first-order valence-electron chi connectivity index (χ1n) is 7.24. The maximum absolute atomic E-state index is 6.34. The van der Waals surface area contributed by atoms with Crippen molar-refractivity contribution in [2.75, 3.05) is 0 Å². The number of nitrogens with two attached hydrogens (primary N) is 1. The molecular weight excluding hydrogens is 266 g/mol. The molecule has 0 saturated heterocycles. The standard InChI is InChI=1S/C16H25N3S/c1-10(2)6-15(17)16-8-18-9-19(16)12(4)14-7-11(3)20-13(14)5/h7-10,12,15H,6,17H2,1-5H3. The zero-order valence-electron chi connectivity index (χ0n) is 13.1. The minimum atomic E-state index is 0.0555. The van der Waals surface area contributed by atoms with Gasteiger partial charge in [0.25, 0.3) is 0 Å². The van der Waals surface area contributed by atoms with Crippen LogP contribution in [0.3, 0.4) is 0 Å². The Bertz CT molecular complexity index is 568. The molecule has 2 heterocycles. The molecule has 0 spiro atoms. The molecule has 0 aliphatic carbocycles. The van der Waals surface area contributed by atoms with Crippen molar-refractivity contribution in [3.05, 3.63) is 39.6 Å². The molecule has 0 fully saturated rings. The van der Waals surface area contributed by atoms with Gasteiger partial charge in [0.15, 0.2) is 0 Å². The molecule has 0 aliphatic heterocycles. The van der Waals surface area contributed by atoms with Gasteiger partial charge in [-0.25, -0.2) is 4.98 Å². The van der Waals surface area contributed by atoms with E-state index in [1.54, 1.807) is 0 Å². The van der Waals surface area contributed by atoms with Crippen LogP contribution in [0.4, 0.5) is 0 Å². The Morgan fingerprint density at radius 3 is 2.55 bits per heavy atom. The fraction of sp³-hybridized carbons (Fsp3) is 0.562. The highest BCUT2D eigenvalue weighted by Gasteiger charge is 2.19. The monoisotopic (exact) mass is 291 g/mol. The first kappa shape index (κ1) is 15.3. The summed E-state index contributed by atoms with van der Waals surface area (Å²) in [6, 6.07) is 2.62. The molecule has 2 atom stereocenters. The molecule has 110 valence electrons. The van der Waals surface area contributed by atoms with Crippen LogP contribution in [0.5, 0.6) is 0 Å². The molecule has 0 aliphatic rings. The third-order valence-corrected chi connectivity index (χ3v) is 4.73. The number of thiophene rings is 1. The molecule has 2 aromatic rings. The minimum Gasteiger partial charge on any atom is -0.326 e. The van der Waals surface area contributed by atoms with Gasteiger partial charge in [-0.2, -0.15) is 0 Å². The van der Waals surface area contributed by atoms with Crippen LogP contribution in [0.25, 0.3) is 0 Å².